The summed E-state index contributed by atoms with van der Waals surface area (Å²) < 4.78 is 12.6. The van der Waals surface area contributed by atoms with Crippen LogP contribution >= 0.6 is 23.2 Å². The Morgan fingerprint density at radius 2 is 1.83 bits per heavy atom. The van der Waals surface area contributed by atoms with Gasteiger partial charge in [0, 0.05) is 10.6 Å². The van der Waals surface area contributed by atoms with Crippen LogP contribution in [0.5, 0.6) is 0 Å². The number of fused-ring (bicyclic) bond motifs is 2. The zero-order valence-electron chi connectivity index (χ0n) is 15.3. The Balaban J connectivity index is 1.90. The first-order chi connectivity index (χ1) is 14.5. The van der Waals surface area contributed by atoms with Crippen molar-refractivity contribution < 1.29 is 8.83 Å². The number of aromatic nitrogens is 2. The summed E-state index contributed by atoms with van der Waals surface area (Å²) in [6.45, 7) is 0.0648. The van der Waals surface area contributed by atoms with E-state index in [0.717, 1.165) is 0 Å². The second-order valence-electron chi connectivity index (χ2n) is 6.64. The van der Waals surface area contributed by atoms with Gasteiger partial charge in [0.15, 0.2) is 5.39 Å². The molecule has 0 saturated heterocycles. The molecule has 0 aliphatic heterocycles. The number of hydrogen-bond acceptors (Lipinski definition) is 5. The minimum absolute atomic E-state index is 0.0552. The molecule has 5 rings (SSSR count). The molecule has 0 atom stereocenters. The summed E-state index contributed by atoms with van der Waals surface area (Å²) in [5.41, 5.74) is -0.218. The third-order valence-corrected chi connectivity index (χ3v) is 5.32. The smallest absolute Gasteiger partial charge is 0.269 e. The fraction of sp³-hybridized carbons (Fsp3) is 0.0455. The second-order valence-corrected chi connectivity index (χ2v) is 7.48. The zero-order chi connectivity index (χ0) is 20.8. The number of hydrogen-bond donors (Lipinski definition) is 0. The molecule has 2 aromatic carbocycles. The van der Waals surface area contributed by atoms with Crippen LogP contribution in [-0.2, 0) is 6.54 Å². The summed E-state index contributed by atoms with van der Waals surface area (Å²) in [7, 11) is 0. The zero-order valence-corrected chi connectivity index (χ0v) is 16.8. The van der Waals surface area contributed by atoms with E-state index in [4.69, 9.17) is 32.0 Å². The van der Waals surface area contributed by atoms with E-state index in [1.807, 2.05) is 0 Å². The first-order valence-electron chi connectivity index (χ1n) is 8.97. The molecule has 0 saturated carbocycles. The number of rotatable bonds is 3. The van der Waals surface area contributed by atoms with E-state index in [9.17, 15) is 9.59 Å². The summed E-state index contributed by atoms with van der Waals surface area (Å²) in [6.07, 6.45) is 1.51. The topological polar surface area (TPSA) is 78.2 Å². The Hall–Kier alpha value is -3.35. The minimum Gasteiger partial charge on any atom is -0.467 e. The summed E-state index contributed by atoms with van der Waals surface area (Å²) in [5, 5.41) is 0.937. The van der Waals surface area contributed by atoms with Crippen molar-refractivity contribution in [3.05, 3.63) is 97.2 Å². The van der Waals surface area contributed by atoms with Crippen molar-refractivity contribution in [3.8, 4) is 11.4 Å². The monoisotopic (exact) mass is 438 g/mol. The molecule has 0 N–H and O–H groups in total. The second kappa shape index (κ2) is 7.16. The molecule has 3 aromatic heterocycles. The Kier molecular flexibility index (Phi) is 4.46. The number of para-hydroxylation sites is 1. The van der Waals surface area contributed by atoms with Gasteiger partial charge in [-0.3, -0.25) is 14.2 Å². The lowest BCUT2D eigenvalue weighted by molar-refractivity contribution is 0.489. The normalized spacial score (nSPS) is 11.4. The molecule has 0 radical (unpaired) electrons. The van der Waals surface area contributed by atoms with Crippen LogP contribution in [0.3, 0.4) is 0 Å². The molecular formula is C22H12Cl2N2O4. The summed E-state index contributed by atoms with van der Waals surface area (Å²) in [4.78, 5) is 31.0. The van der Waals surface area contributed by atoms with Gasteiger partial charge in [-0.25, -0.2) is 0 Å². The molecule has 148 valence electrons. The highest BCUT2D eigenvalue weighted by Crippen LogP contribution is 2.30. The summed E-state index contributed by atoms with van der Waals surface area (Å²) in [5.74, 6) is 0.763. The van der Waals surface area contributed by atoms with Crippen molar-refractivity contribution in [1.82, 2.24) is 9.55 Å². The molecule has 3 heterocycles. The van der Waals surface area contributed by atoms with Gasteiger partial charge in [0.2, 0.25) is 11.1 Å². The lowest BCUT2D eigenvalue weighted by Crippen LogP contribution is -2.28. The van der Waals surface area contributed by atoms with Crippen LogP contribution in [0.4, 0.5) is 0 Å². The van der Waals surface area contributed by atoms with E-state index >= 15 is 0 Å². The van der Waals surface area contributed by atoms with E-state index < -0.39 is 11.0 Å². The van der Waals surface area contributed by atoms with E-state index in [0.29, 0.717) is 32.3 Å². The largest absolute Gasteiger partial charge is 0.467 e. The predicted octanol–water partition coefficient (Wildman–Crippen LogP) is 5.12. The fourth-order valence-corrected chi connectivity index (χ4v) is 3.86. The van der Waals surface area contributed by atoms with Crippen LogP contribution in [0.2, 0.25) is 10.0 Å². The molecule has 0 aliphatic rings. The molecule has 0 fully saturated rings. The molecular weight excluding hydrogens is 427 g/mol. The molecule has 0 bridgehead atoms. The lowest BCUT2D eigenvalue weighted by Gasteiger charge is -2.13. The van der Waals surface area contributed by atoms with Crippen molar-refractivity contribution >= 4 is 45.3 Å². The first-order valence-corrected chi connectivity index (χ1v) is 9.73. The van der Waals surface area contributed by atoms with E-state index in [1.54, 1.807) is 54.6 Å². The number of halogens is 2. The van der Waals surface area contributed by atoms with Crippen molar-refractivity contribution in [2.24, 2.45) is 0 Å². The maximum absolute atomic E-state index is 13.4. The number of furan rings is 1. The molecule has 0 amide bonds. The van der Waals surface area contributed by atoms with Crippen molar-refractivity contribution in [2.45, 2.75) is 6.54 Å². The summed E-state index contributed by atoms with van der Waals surface area (Å²) in [6, 6.07) is 15.0. The Morgan fingerprint density at radius 3 is 2.60 bits per heavy atom. The van der Waals surface area contributed by atoms with Crippen molar-refractivity contribution in [1.29, 1.82) is 0 Å². The van der Waals surface area contributed by atoms with Gasteiger partial charge in [-0.1, -0.05) is 35.3 Å². The van der Waals surface area contributed by atoms with Crippen LogP contribution in [0.15, 0.2) is 79.3 Å². The van der Waals surface area contributed by atoms with Gasteiger partial charge < -0.3 is 8.83 Å². The Bertz CT molecular complexity index is 1540. The van der Waals surface area contributed by atoms with Gasteiger partial charge in [-0.2, -0.15) is 4.98 Å². The highest BCUT2D eigenvalue weighted by Gasteiger charge is 2.21. The Labute approximate surface area is 178 Å². The van der Waals surface area contributed by atoms with Crippen LogP contribution in [0.1, 0.15) is 5.76 Å². The van der Waals surface area contributed by atoms with Gasteiger partial charge in [0.25, 0.3) is 5.56 Å². The van der Waals surface area contributed by atoms with Gasteiger partial charge in [-0.15, -0.1) is 0 Å². The van der Waals surface area contributed by atoms with Crippen LogP contribution < -0.4 is 11.0 Å². The average Bonchev–Trinajstić information content (AvgIpc) is 3.23. The Morgan fingerprint density at radius 1 is 1.00 bits per heavy atom. The molecule has 0 aliphatic carbocycles. The molecule has 6 nitrogen and oxygen atoms in total. The quantitative estimate of drug-likeness (QED) is 0.365. The molecule has 30 heavy (non-hydrogen) atoms. The van der Waals surface area contributed by atoms with Crippen LogP contribution in [0.25, 0.3) is 33.5 Å². The SMILES string of the molecule is O=c1c2ccccc2oc2nc(-c3ccc(Cl)cc3Cl)n(Cc3ccco3)c(=O)c12. The van der Waals surface area contributed by atoms with Crippen LogP contribution in [0, 0.1) is 0 Å². The maximum atomic E-state index is 13.4. The van der Waals surface area contributed by atoms with Crippen molar-refractivity contribution in [3.63, 3.8) is 0 Å². The standard InChI is InChI=1S/C22H12Cl2N2O4/c23-12-7-8-14(16(24)10-12)20-25-21-18(19(27)15-5-1-2-6-17(15)30-21)22(28)26(20)11-13-4-3-9-29-13/h1-10H,11H2. The lowest BCUT2D eigenvalue weighted by atomic mass is 10.1. The van der Waals surface area contributed by atoms with E-state index in [1.165, 1.54) is 10.8 Å². The highest BCUT2D eigenvalue weighted by molar-refractivity contribution is 6.36. The van der Waals surface area contributed by atoms with Gasteiger partial charge in [0.05, 0.1) is 23.2 Å². The minimum atomic E-state index is -0.545. The first kappa shape index (κ1) is 18.7. The molecule has 0 spiro atoms. The number of benzene rings is 2. The highest BCUT2D eigenvalue weighted by atomic mass is 35.5. The van der Waals surface area contributed by atoms with Crippen LogP contribution in [-0.4, -0.2) is 9.55 Å². The van der Waals surface area contributed by atoms with Crippen molar-refractivity contribution in [2.75, 3.05) is 0 Å². The van der Waals surface area contributed by atoms with E-state index in [2.05, 4.69) is 4.98 Å². The van der Waals surface area contributed by atoms with E-state index in [-0.39, 0.29) is 23.5 Å². The summed E-state index contributed by atoms with van der Waals surface area (Å²) >= 11 is 12.4. The molecule has 8 heteroatoms. The maximum Gasteiger partial charge on any atom is 0.269 e. The predicted molar refractivity (Wildman–Crippen MR) is 115 cm³/mol. The number of nitrogens with zero attached hydrogens (tertiary/aromatic N) is 2. The average molecular weight is 439 g/mol. The molecule has 5 aromatic rings. The fourth-order valence-electron chi connectivity index (χ4n) is 3.37. The molecule has 0 unspecified atom stereocenters. The van der Waals surface area contributed by atoms with Gasteiger partial charge >= 0.3 is 0 Å². The third-order valence-electron chi connectivity index (χ3n) is 4.77. The third kappa shape index (κ3) is 3.01. The van der Waals surface area contributed by atoms with Gasteiger partial charge in [0.1, 0.15) is 17.2 Å². The van der Waals surface area contributed by atoms with Gasteiger partial charge in [-0.05, 0) is 42.5 Å².